The number of rotatable bonds is 13. The van der Waals surface area contributed by atoms with Crippen molar-refractivity contribution in [3.05, 3.63) is 142 Å². The molecule has 1 amide bonds. The first-order valence-corrected chi connectivity index (χ1v) is 13.3. The van der Waals surface area contributed by atoms with E-state index in [1.54, 1.807) is 18.2 Å². The lowest BCUT2D eigenvalue weighted by Crippen LogP contribution is -2.45. The zero-order chi connectivity index (χ0) is 29.2. The fourth-order valence-corrected chi connectivity index (χ4v) is 4.47. The number of carbonyl (C=O) groups excluding carboxylic acids is 1. The Morgan fingerprint density at radius 2 is 1.22 bits per heavy atom. The Hall–Kier alpha value is -4.79. The summed E-state index contributed by atoms with van der Waals surface area (Å²) in [6.07, 6.45) is 0.943. The van der Waals surface area contributed by atoms with Crippen LogP contribution in [0.15, 0.2) is 97.1 Å². The van der Waals surface area contributed by atoms with Gasteiger partial charge in [0.2, 0.25) is 0 Å². The smallest absolute Gasteiger partial charge is 0.336 e. The summed E-state index contributed by atoms with van der Waals surface area (Å²) in [6.45, 7) is 1.78. The van der Waals surface area contributed by atoms with Crippen molar-refractivity contribution in [2.45, 2.75) is 39.0 Å². The van der Waals surface area contributed by atoms with Gasteiger partial charge in [-0.25, -0.2) is 9.59 Å². The second-order valence-corrected chi connectivity index (χ2v) is 9.65. The Labute approximate surface area is 238 Å². The van der Waals surface area contributed by atoms with Crippen molar-refractivity contribution < 1.29 is 29.4 Å². The Kier molecular flexibility index (Phi) is 9.99. The molecule has 4 N–H and O–H groups in total. The van der Waals surface area contributed by atoms with Crippen LogP contribution in [0.2, 0.25) is 0 Å². The van der Waals surface area contributed by atoms with E-state index in [1.807, 2.05) is 73.7 Å². The standard InChI is InChI=1S/C33H32N2O6/c1-2-30(34-31(36)27-16-14-25(20-29(27)33(39)40)18-23-11-7-4-8-12-23)35-41-21-26-15-13-24(19-28(26)32(37)38)17-22-9-5-3-6-10-22/h3-16,19-20,30,35H,2,17-18,21H2,1H3,(H,34,36)(H,37,38)(H,39,40). The average Bonchev–Trinajstić information content (AvgIpc) is 2.98. The van der Waals surface area contributed by atoms with E-state index < -0.39 is 24.0 Å². The second-order valence-electron chi connectivity index (χ2n) is 9.65. The van der Waals surface area contributed by atoms with E-state index in [0.29, 0.717) is 24.8 Å². The van der Waals surface area contributed by atoms with Crippen LogP contribution in [0, 0.1) is 0 Å². The molecule has 8 heteroatoms. The van der Waals surface area contributed by atoms with Gasteiger partial charge in [-0.15, -0.1) is 0 Å². The topological polar surface area (TPSA) is 125 Å². The molecular weight excluding hydrogens is 520 g/mol. The van der Waals surface area contributed by atoms with Gasteiger partial charge in [0.05, 0.1) is 23.3 Å². The van der Waals surface area contributed by atoms with E-state index >= 15 is 0 Å². The molecule has 0 spiro atoms. The number of carboxylic acids is 2. The maximum absolute atomic E-state index is 13.0. The number of nitrogens with one attached hydrogen (secondary N) is 2. The molecule has 1 atom stereocenters. The lowest BCUT2D eigenvalue weighted by molar-refractivity contribution is -0.00489. The van der Waals surface area contributed by atoms with Crippen molar-refractivity contribution in [2.24, 2.45) is 0 Å². The number of benzene rings is 4. The van der Waals surface area contributed by atoms with Crippen molar-refractivity contribution in [2.75, 3.05) is 0 Å². The predicted molar refractivity (Wildman–Crippen MR) is 155 cm³/mol. The van der Waals surface area contributed by atoms with Crippen LogP contribution >= 0.6 is 0 Å². The summed E-state index contributed by atoms with van der Waals surface area (Å²) in [7, 11) is 0. The molecule has 8 nitrogen and oxygen atoms in total. The molecule has 0 bridgehead atoms. The third kappa shape index (κ3) is 8.11. The van der Waals surface area contributed by atoms with E-state index in [4.69, 9.17) is 4.84 Å². The quantitative estimate of drug-likeness (QED) is 0.128. The van der Waals surface area contributed by atoms with Crippen LogP contribution in [0.5, 0.6) is 0 Å². The van der Waals surface area contributed by atoms with Crippen molar-refractivity contribution in [3.8, 4) is 0 Å². The van der Waals surface area contributed by atoms with E-state index in [0.717, 1.165) is 22.3 Å². The molecule has 210 valence electrons. The number of carbonyl (C=O) groups is 3. The first-order valence-electron chi connectivity index (χ1n) is 13.3. The minimum absolute atomic E-state index is 0.0386. The molecule has 0 radical (unpaired) electrons. The molecule has 0 aliphatic heterocycles. The lowest BCUT2D eigenvalue weighted by atomic mass is 9.98. The maximum Gasteiger partial charge on any atom is 0.336 e. The monoisotopic (exact) mass is 552 g/mol. The molecule has 41 heavy (non-hydrogen) atoms. The third-order valence-corrected chi connectivity index (χ3v) is 6.63. The Balaban J connectivity index is 1.38. The molecule has 0 aromatic heterocycles. The SMILES string of the molecule is CCC(NOCc1ccc(Cc2ccccc2)cc1C(=O)O)NC(=O)c1ccc(Cc2ccccc2)cc1C(=O)O. The molecule has 0 saturated heterocycles. The van der Waals surface area contributed by atoms with Crippen molar-refractivity contribution >= 4 is 17.8 Å². The first kappa shape index (κ1) is 29.2. The van der Waals surface area contributed by atoms with E-state index in [1.165, 1.54) is 12.1 Å². The van der Waals surface area contributed by atoms with Crippen LogP contribution < -0.4 is 10.8 Å². The summed E-state index contributed by atoms with van der Waals surface area (Å²) in [5.74, 6) is -2.82. The van der Waals surface area contributed by atoms with Gasteiger partial charge in [0, 0.05) is 0 Å². The highest BCUT2D eigenvalue weighted by atomic mass is 16.6. The fourth-order valence-electron chi connectivity index (χ4n) is 4.47. The number of hydrogen-bond donors (Lipinski definition) is 4. The number of hydrogen-bond acceptors (Lipinski definition) is 5. The summed E-state index contributed by atoms with van der Waals surface area (Å²) in [5.41, 5.74) is 7.08. The second kappa shape index (κ2) is 14.0. The van der Waals surface area contributed by atoms with Gasteiger partial charge in [-0.2, -0.15) is 5.48 Å². The van der Waals surface area contributed by atoms with Crippen molar-refractivity contribution in [1.82, 2.24) is 10.8 Å². The van der Waals surface area contributed by atoms with Gasteiger partial charge in [0.15, 0.2) is 0 Å². The highest BCUT2D eigenvalue weighted by Crippen LogP contribution is 2.18. The molecular formula is C33H32N2O6. The summed E-state index contributed by atoms with van der Waals surface area (Å²) in [6, 6.07) is 29.4. The summed E-state index contributed by atoms with van der Waals surface area (Å²) in [5, 5.41) is 22.3. The van der Waals surface area contributed by atoms with Crippen LogP contribution in [-0.2, 0) is 24.3 Å². The number of carboxylic acid groups (broad SMARTS) is 2. The molecule has 0 aliphatic rings. The van der Waals surface area contributed by atoms with Gasteiger partial charge in [0.25, 0.3) is 5.91 Å². The lowest BCUT2D eigenvalue weighted by Gasteiger charge is -2.20. The van der Waals surface area contributed by atoms with Gasteiger partial charge in [-0.3, -0.25) is 9.63 Å². The summed E-state index contributed by atoms with van der Waals surface area (Å²) in [4.78, 5) is 42.5. The zero-order valence-corrected chi connectivity index (χ0v) is 22.7. The zero-order valence-electron chi connectivity index (χ0n) is 22.7. The van der Waals surface area contributed by atoms with Crippen molar-refractivity contribution in [1.29, 1.82) is 0 Å². The number of hydroxylamine groups is 1. The molecule has 4 aromatic rings. The average molecular weight is 553 g/mol. The van der Waals surface area contributed by atoms with Gasteiger partial charge in [-0.05, 0) is 65.3 Å². The molecule has 4 rings (SSSR count). The Morgan fingerprint density at radius 1 is 0.683 bits per heavy atom. The van der Waals surface area contributed by atoms with Gasteiger partial charge < -0.3 is 15.5 Å². The first-order chi connectivity index (χ1) is 19.8. The Morgan fingerprint density at radius 3 is 1.76 bits per heavy atom. The molecule has 0 saturated carbocycles. The minimum atomic E-state index is -1.20. The minimum Gasteiger partial charge on any atom is -0.478 e. The third-order valence-electron chi connectivity index (χ3n) is 6.63. The molecule has 0 fully saturated rings. The fraction of sp³-hybridized carbons (Fsp3) is 0.182. The number of amides is 1. The predicted octanol–water partition coefficient (Wildman–Crippen LogP) is 5.45. The Bertz CT molecular complexity index is 1510. The molecule has 1 unspecified atom stereocenters. The molecule has 0 aliphatic carbocycles. The highest BCUT2D eigenvalue weighted by Gasteiger charge is 2.20. The van der Waals surface area contributed by atoms with Crippen molar-refractivity contribution in [3.63, 3.8) is 0 Å². The van der Waals surface area contributed by atoms with Gasteiger partial charge in [0.1, 0.15) is 6.17 Å². The van der Waals surface area contributed by atoms with E-state index in [9.17, 15) is 24.6 Å². The van der Waals surface area contributed by atoms with Crippen LogP contribution in [0.3, 0.4) is 0 Å². The summed E-state index contributed by atoms with van der Waals surface area (Å²) < 4.78 is 0. The van der Waals surface area contributed by atoms with Crippen LogP contribution in [0.25, 0.3) is 0 Å². The maximum atomic E-state index is 13.0. The molecule has 4 aromatic carbocycles. The highest BCUT2D eigenvalue weighted by molar-refractivity contribution is 6.05. The van der Waals surface area contributed by atoms with Gasteiger partial charge >= 0.3 is 11.9 Å². The largest absolute Gasteiger partial charge is 0.478 e. The normalized spacial score (nSPS) is 11.5. The summed E-state index contributed by atoms with van der Waals surface area (Å²) >= 11 is 0. The van der Waals surface area contributed by atoms with Crippen LogP contribution in [-0.4, -0.2) is 34.2 Å². The van der Waals surface area contributed by atoms with E-state index in [2.05, 4.69) is 10.8 Å². The van der Waals surface area contributed by atoms with Gasteiger partial charge in [-0.1, -0.05) is 85.8 Å². The van der Waals surface area contributed by atoms with Crippen LogP contribution in [0.4, 0.5) is 0 Å². The number of aromatic carboxylic acids is 2. The molecule has 0 heterocycles. The van der Waals surface area contributed by atoms with E-state index in [-0.39, 0.29) is 23.3 Å². The van der Waals surface area contributed by atoms with Crippen LogP contribution in [0.1, 0.15) is 72.2 Å².